The number of rotatable bonds is 9. The molecule has 1 amide bonds. The van der Waals surface area contributed by atoms with E-state index in [1.165, 1.54) is 12.0 Å². The average molecular weight is 578 g/mol. The van der Waals surface area contributed by atoms with Gasteiger partial charge in [-0.2, -0.15) is 0 Å². The summed E-state index contributed by atoms with van der Waals surface area (Å²) in [7, 11) is 3.96. The van der Waals surface area contributed by atoms with Crippen LogP contribution in [0, 0.1) is 0 Å². The van der Waals surface area contributed by atoms with Crippen LogP contribution in [0.4, 0.5) is 0 Å². The third-order valence-corrected chi connectivity index (χ3v) is 6.41. The Bertz CT molecular complexity index is 882. The van der Waals surface area contributed by atoms with Gasteiger partial charge >= 0.3 is 0 Å². The van der Waals surface area contributed by atoms with Crippen LogP contribution in [-0.4, -0.2) is 61.4 Å². The van der Waals surface area contributed by atoms with Gasteiger partial charge in [0.1, 0.15) is 0 Å². The summed E-state index contributed by atoms with van der Waals surface area (Å²) in [6, 6.07) is 19.0. The van der Waals surface area contributed by atoms with Crippen molar-refractivity contribution in [2.24, 2.45) is 4.99 Å². The van der Waals surface area contributed by atoms with Crippen LogP contribution in [0.1, 0.15) is 54.1 Å². The van der Waals surface area contributed by atoms with E-state index in [0.717, 1.165) is 62.5 Å². The van der Waals surface area contributed by atoms with Gasteiger partial charge in [0.2, 0.25) is 0 Å². The summed E-state index contributed by atoms with van der Waals surface area (Å²) in [5.41, 5.74) is 3.24. The number of nitrogens with zero attached hydrogens (tertiary/aromatic N) is 3. The number of nitrogens with one attached hydrogen (secondary N) is 2. The maximum absolute atomic E-state index is 12.6. The lowest BCUT2D eigenvalue weighted by Crippen LogP contribution is -2.39. The molecule has 186 valence electrons. The first-order valence-electron chi connectivity index (χ1n) is 12.1. The van der Waals surface area contributed by atoms with E-state index in [4.69, 9.17) is 0 Å². The maximum Gasteiger partial charge on any atom is 0.253 e. The number of amides is 1. The Morgan fingerprint density at radius 2 is 1.68 bits per heavy atom. The van der Waals surface area contributed by atoms with Crippen LogP contribution in [0.2, 0.25) is 0 Å². The van der Waals surface area contributed by atoms with Crippen molar-refractivity contribution >= 4 is 35.8 Å². The molecule has 1 fully saturated rings. The third-order valence-electron chi connectivity index (χ3n) is 6.41. The largest absolute Gasteiger partial charge is 0.356 e. The Kier molecular flexibility index (Phi) is 12.4. The quantitative estimate of drug-likeness (QED) is 0.262. The highest BCUT2D eigenvalue weighted by Gasteiger charge is 2.17. The topological polar surface area (TPSA) is 60.0 Å². The van der Waals surface area contributed by atoms with Gasteiger partial charge in [0.05, 0.1) is 0 Å². The molecule has 1 saturated heterocycles. The number of hydrogen-bond acceptors (Lipinski definition) is 3. The van der Waals surface area contributed by atoms with E-state index in [0.29, 0.717) is 12.6 Å². The molecule has 0 radical (unpaired) electrons. The van der Waals surface area contributed by atoms with Crippen molar-refractivity contribution in [1.29, 1.82) is 0 Å². The van der Waals surface area contributed by atoms with Crippen molar-refractivity contribution in [3.63, 3.8) is 0 Å². The zero-order valence-electron chi connectivity index (χ0n) is 20.8. The monoisotopic (exact) mass is 577 g/mol. The minimum atomic E-state index is 0. The number of halogens is 1. The fraction of sp³-hybridized carbons (Fsp3) is 0.481. The van der Waals surface area contributed by atoms with Crippen LogP contribution >= 0.6 is 24.0 Å². The molecular weight excluding hydrogens is 537 g/mol. The Balaban J connectivity index is 0.00000408. The predicted octanol–water partition coefficient (Wildman–Crippen LogP) is 4.51. The van der Waals surface area contributed by atoms with Crippen molar-refractivity contribution in [2.75, 3.05) is 33.7 Å². The number of carbonyl (C=O) groups excluding carboxylic acids is 1. The molecule has 1 aliphatic rings. The van der Waals surface area contributed by atoms with E-state index in [1.807, 2.05) is 29.2 Å². The molecule has 0 bridgehead atoms. The standard InChI is InChI=1S/C27H39N5O.HI/c1-22(31(3)21-24-10-6-4-7-11-24)16-17-29-27(28-2)30-20-23-12-14-25(15-13-23)26(33)32-18-8-5-9-19-32;/h4,6-7,10-15,22H,5,8-9,16-21H2,1-3H3,(H2,28,29,30);1H. The average Bonchev–Trinajstić information content (AvgIpc) is 2.87. The summed E-state index contributed by atoms with van der Waals surface area (Å²) < 4.78 is 0. The first-order valence-corrected chi connectivity index (χ1v) is 12.1. The van der Waals surface area contributed by atoms with E-state index in [9.17, 15) is 4.79 Å². The Morgan fingerprint density at radius 1 is 1.00 bits per heavy atom. The predicted molar refractivity (Wildman–Crippen MR) is 152 cm³/mol. The third kappa shape index (κ3) is 8.91. The highest BCUT2D eigenvalue weighted by molar-refractivity contribution is 14.0. The lowest BCUT2D eigenvalue weighted by Gasteiger charge is -2.26. The molecule has 1 aliphatic heterocycles. The van der Waals surface area contributed by atoms with Gasteiger partial charge in [-0.1, -0.05) is 42.5 Å². The first kappa shape index (κ1) is 28.1. The van der Waals surface area contributed by atoms with Crippen LogP contribution in [0.25, 0.3) is 0 Å². The van der Waals surface area contributed by atoms with Gasteiger partial charge in [-0.15, -0.1) is 24.0 Å². The minimum Gasteiger partial charge on any atom is -0.356 e. The fourth-order valence-corrected chi connectivity index (χ4v) is 4.10. The van der Waals surface area contributed by atoms with E-state index in [2.05, 4.69) is 64.8 Å². The van der Waals surface area contributed by atoms with Crippen LogP contribution in [-0.2, 0) is 13.1 Å². The van der Waals surface area contributed by atoms with Crippen LogP contribution in [0.15, 0.2) is 59.6 Å². The smallest absolute Gasteiger partial charge is 0.253 e. The van der Waals surface area contributed by atoms with Gasteiger partial charge in [-0.25, -0.2) is 0 Å². The zero-order valence-corrected chi connectivity index (χ0v) is 23.1. The van der Waals surface area contributed by atoms with Crippen molar-refractivity contribution in [3.05, 3.63) is 71.3 Å². The van der Waals surface area contributed by atoms with Crippen LogP contribution < -0.4 is 10.6 Å². The molecule has 2 aromatic carbocycles. The minimum absolute atomic E-state index is 0. The van der Waals surface area contributed by atoms with Crippen molar-refractivity contribution in [1.82, 2.24) is 20.4 Å². The van der Waals surface area contributed by atoms with Gasteiger partial charge in [-0.3, -0.25) is 14.7 Å². The van der Waals surface area contributed by atoms with Crippen molar-refractivity contribution < 1.29 is 4.79 Å². The summed E-state index contributed by atoms with van der Waals surface area (Å²) >= 11 is 0. The SMILES string of the molecule is CN=C(NCCC(C)N(C)Cc1ccccc1)NCc1ccc(C(=O)N2CCCCC2)cc1.I. The molecule has 7 heteroatoms. The molecule has 3 rings (SSSR count). The highest BCUT2D eigenvalue weighted by Crippen LogP contribution is 2.14. The molecular formula is C27H40IN5O. The fourth-order valence-electron chi connectivity index (χ4n) is 4.10. The number of guanidine groups is 1. The van der Waals surface area contributed by atoms with Gasteiger partial charge in [0, 0.05) is 51.4 Å². The van der Waals surface area contributed by atoms with Crippen molar-refractivity contribution in [3.8, 4) is 0 Å². The molecule has 2 aromatic rings. The van der Waals surface area contributed by atoms with Gasteiger partial charge in [0.15, 0.2) is 5.96 Å². The Hall–Kier alpha value is -2.13. The summed E-state index contributed by atoms with van der Waals surface area (Å²) in [6.45, 7) is 6.49. The van der Waals surface area contributed by atoms with Gasteiger partial charge in [0.25, 0.3) is 5.91 Å². The maximum atomic E-state index is 12.6. The molecule has 6 nitrogen and oxygen atoms in total. The Labute approximate surface area is 222 Å². The van der Waals surface area contributed by atoms with Gasteiger partial charge in [-0.05, 0) is 62.9 Å². The summed E-state index contributed by atoms with van der Waals surface area (Å²) in [5, 5.41) is 6.78. The second-order valence-electron chi connectivity index (χ2n) is 8.94. The van der Waals surface area contributed by atoms with Gasteiger partial charge < -0.3 is 15.5 Å². The molecule has 0 aliphatic carbocycles. The molecule has 2 N–H and O–H groups in total. The van der Waals surface area contributed by atoms with Crippen molar-refractivity contribution in [2.45, 2.75) is 51.7 Å². The highest BCUT2D eigenvalue weighted by atomic mass is 127. The number of carbonyl (C=O) groups is 1. The number of hydrogen-bond donors (Lipinski definition) is 2. The van der Waals surface area contributed by atoms with Crippen LogP contribution in [0.5, 0.6) is 0 Å². The molecule has 34 heavy (non-hydrogen) atoms. The van der Waals surface area contributed by atoms with E-state index < -0.39 is 0 Å². The molecule has 0 spiro atoms. The number of piperidine rings is 1. The number of aliphatic imine (C=N–C) groups is 1. The summed E-state index contributed by atoms with van der Waals surface area (Å²) in [5.74, 6) is 0.944. The molecule has 1 atom stereocenters. The summed E-state index contributed by atoms with van der Waals surface area (Å²) in [4.78, 5) is 21.3. The molecule has 0 aromatic heterocycles. The molecule has 1 heterocycles. The lowest BCUT2D eigenvalue weighted by molar-refractivity contribution is 0.0724. The first-order chi connectivity index (χ1) is 16.1. The number of likely N-dealkylation sites (tertiary alicyclic amines) is 1. The molecule has 0 saturated carbocycles. The summed E-state index contributed by atoms with van der Waals surface area (Å²) in [6.07, 6.45) is 4.48. The van der Waals surface area contributed by atoms with Crippen LogP contribution in [0.3, 0.4) is 0 Å². The zero-order chi connectivity index (χ0) is 23.5. The van der Waals surface area contributed by atoms with E-state index in [1.54, 1.807) is 7.05 Å². The molecule has 1 unspecified atom stereocenters. The van der Waals surface area contributed by atoms with E-state index in [-0.39, 0.29) is 29.9 Å². The number of benzene rings is 2. The second kappa shape index (κ2) is 15.0. The van der Waals surface area contributed by atoms with E-state index >= 15 is 0 Å². The Morgan fingerprint density at radius 3 is 2.32 bits per heavy atom. The lowest BCUT2D eigenvalue weighted by atomic mass is 10.1. The normalized spacial score (nSPS) is 14.9. The second-order valence-corrected chi connectivity index (χ2v) is 8.94.